The lowest BCUT2D eigenvalue weighted by Gasteiger charge is -2.10. The molecule has 1 aliphatic heterocycles. The maximum absolute atomic E-state index is 11.5. The van der Waals surface area contributed by atoms with E-state index in [0.29, 0.717) is 19.4 Å². The molecule has 0 aliphatic carbocycles. The van der Waals surface area contributed by atoms with E-state index in [9.17, 15) is 14.4 Å². The Hall–Kier alpha value is -1.59. The third-order valence-corrected chi connectivity index (χ3v) is 2.25. The fourth-order valence-corrected chi connectivity index (χ4v) is 1.45. The molecule has 1 fully saturated rings. The topological polar surface area (TPSA) is 84.5 Å². The van der Waals surface area contributed by atoms with Crippen molar-refractivity contribution in [3.8, 4) is 0 Å². The van der Waals surface area contributed by atoms with Gasteiger partial charge in [-0.1, -0.05) is 0 Å². The van der Waals surface area contributed by atoms with Gasteiger partial charge >= 0.3 is 5.97 Å². The predicted molar refractivity (Wildman–Crippen MR) is 55.4 cm³/mol. The van der Waals surface area contributed by atoms with Gasteiger partial charge in [-0.15, -0.1) is 0 Å². The van der Waals surface area contributed by atoms with E-state index >= 15 is 0 Å². The maximum Gasteiger partial charge on any atom is 0.307 e. The Morgan fingerprint density at radius 3 is 2.88 bits per heavy atom. The molecular weight excluding hydrogens is 212 g/mol. The normalized spacial score (nSPS) is 19.1. The Morgan fingerprint density at radius 2 is 2.31 bits per heavy atom. The number of esters is 1. The van der Waals surface area contributed by atoms with Gasteiger partial charge in [0.25, 0.3) is 0 Å². The van der Waals surface area contributed by atoms with Gasteiger partial charge in [0.2, 0.25) is 11.8 Å². The average molecular weight is 228 g/mol. The number of nitrogens with one attached hydrogen (secondary N) is 2. The van der Waals surface area contributed by atoms with Gasteiger partial charge in [-0.3, -0.25) is 14.4 Å². The highest BCUT2D eigenvalue weighted by Gasteiger charge is 2.26. The Bertz CT molecular complexity index is 291. The summed E-state index contributed by atoms with van der Waals surface area (Å²) in [5.41, 5.74) is 0. The Labute approximate surface area is 93.7 Å². The third kappa shape index (κ3) is 3.88. The molecule has 2 amide bonds. The monoisotopic (exact) mass is 228 g/mol. The first-order chi connectivity index (χ1) is 7.63. The molecule has 1 atom stereocenters. The summed E-state index contributed by atoms with van der Waals surface area (Å²) in [6.07, 6.45) is 1.06. The van der Waals surface area contributed by atoms with E-state index in [1.54, 1.807) is 6.92 Å². The zero-order valence-electron chi connectivity index (χ0n) is 9.25. The van der Waals surface area contributed by atoms with Crippen LogP contribution in [0.3, 0.4) is 0 Å². The van der Waals surface area contributed by atoms with Crippen molar-refractivity contribution in [1.82, 2.24) is 10.6 Å². The number of hydrogen-bond acceptors (Lipinski definition) is 4. The molecule has 90 valence electrons. The summed E-state index contributed by atoms with van der Waals surface area (Å²) in [6.45, 7) is 2.31. The minimum atomic E-state index is -0.449. The van der Waals surface area contributed by atoms with Crippen LogP contribution in [0, 0.1) is 0 Å². The van der Waals surface area contributed by atoms with E-state index in [1.165, 1.54) is 0 Å². The summed E-state index contributed by atoms with van der Waals surface area (Å²) in [6, 6.07) is -0.449. The molecule has 0 bridgehead atoms. The first kappa shape index (κ1) is 12.5. The number of carbonyl (C=O) groups excluding carboxylic acids is 3. The van der Waals surface area contributed by atoms with Gasteiger partial charge in [0.05, 0.1) is 13.0 Å². The molecule has 0 aromatic carbocycles. The van der Waals surface area contributed by atoms with E-state index in [1.807, 2.05) is 0 Å². The van der Waals surface area contributed by atoms with Gasteiger partial charge in [-0.05, 0) is 13.3 Å². The number of ether oxygens (including phenoxy) is 1. The second-order valence-electron chi connectivity index (χ2n) is 3.50. The number of rotatable bonds is 5. The largest absolute Gasteiger partial charge is 0.466 e. The van der Waals surface area contributed by atoms with E-state index in [4.69, 9.17) is 4.74 Å². The minimum Gasteiger partial charge on any atom is -0.466 e. The second kappa shape index (κ2) is 6.09. The Kier molecular flexibility index (Phi) is 4.75. The highest BCUT2D eigenvalue weighted by atomic mass is 16.5. The molecule has 0 aromatic rings. The first-order valence-electron chi connectivity index (χ1n) is 5.36. The van der Waals surface area contributed by atoms with Gasteiger partial charge in [0.15, 0.2) is 0 Å². The second-order valence-corrected chi connectivity index (χ2v) is 3.50. The molecule has 0 radical (unpaired) electrons. The van der Waals surface area contributed by atoms with Crippen LogP contribution in [0.5, 0.6) is 0 Å². The average Bonchev–Trinajstić information content (AvgIpc) is 2.65. The fourth-order valence-electron chi connectivity index (χ4n) is 1.45. The van der Waals surface area contributed by atoms with Crippen molar-refractivity contribution in [3.63, 3.8) is 0 Å². The number of hydrogen-bond donors (Lipinski definition) is 2. The Balaban J connectivity index is 2.15. The first-order valence-corrected chi connectivity index (χ1v) is 5.36. The van der Waals surface area contributed by atoms with Crippen molar-refractivity contribution < 1.29 is 19.1 Å². The predicted octanol–water partition coefficient (Wildman–Crippen LogP) is -0.666. The molecule has 1 rings (SSSR count). The number of carbonyl (C=O) groups is 3. The van der Waals surface area contributed by atoms with Crippen molar-refractivity contribution in [3.05, 3.63) is 0 Å². The lowest BCUT2D eigenvalue weighted by Crippen LogP contribution is -2.42. The Morgan fingerprint density at radius 1 is 1.56 bits per heavy atom. The van der Waals surface area contributed by atoms with Crippen LogP contribution in [0.25, 0.3) is 0 Å². The molecule has 1 saturated heterocycles. The molecule has 16 heavy (non-hydrogen) atoms. The van der Waals surface area contributed by atoms with Gasteiger partial charge in [-0.2, -0.15) is 0 Å². The summed E-state index contributed by atoms with van der Waals surface area (Å²) in [5, 5.41) is 5.13. The van der Waals surface area contributed by atoms with Crippen molar-refractivity contribution in [2.45, 2.75) is 32.2 Å². The van der Waals surface area contributed by atoms with Gasteiger partial charge < -0.3 is 15.4 Å². The lowest BCUT2D eigenvalue weighted by molar-refractivity contribution is -0.143. The minimum absolute atomic E-state index is 0.106. The molecule has 6 nitrogen and oxygen atoms in total. The van der Waals surface area contributed by atoms with Crippen LogP contribution in [0.2, 0.25) is 0 Å². The summed E-state index contributed by atoms with van der Waals surface area (Å²) < 4.78 is 4.71. The molecule has 6 heteroatoms. The molecule has 1 unspecified atom stereocenters. The smallest absolute Gasteiger partial charge is 0.307 e. The quantitative estimate of drug-likeness (QED) is 0.611. The van der Waals surface area contributed by atoms with Crippen molar-refractivity contribution >= 4 is 17.8 Å². The van der Waals surface area contributed by atoms with Crippen LogP contribution in [-0.4, -0.2) is 37.0 Å². The zero-order valence-corrected chi connectivity index (χ0v) is 9.25. The molecule has 0 aromatic heterocycles. The lowest BCUT2D eigenvalue weighted by atomic mass is 10.2. The van der Waals surface area contributed by atoms with E-state index in [2.05, 4.69) is 10.6 Å². The maximum atomic E-state index is 11.5. The summed E-state index contributed by atoms with van der Waals surface area (Å²) in [5.74, 6) is -0.682. The van der Waals surface area contributed by atoms with Crippen molar-refractivity contribution in [2.24, 2.45) is 0 Å². The molecule has 2 N–H and O–H groups in total. The molecule has 0 spiro atoms. The highest BCUT2D eigenvalue weighted by molar-refractivity contribution is 5.90. The van der Waals surface area contributed by atoms with Crippen molar-refractivity contribution in [1.29, 1.82) is 0 Å². The summed E-state index contributed by atoms with van der Waals surface area (Å²) in [4.78, 5) is 33.3. The van der Waals surface area contributed by atoms with Crippen LogP contribution >= 0.6 is 0 Å². The highest BCUT2D eigenvalue weighted by Crippen LogP contribution is 2.05. The summed E-state index contributed by atoms with van der Waals surface area (Å²) >= 11 is 0. The molecular formula is C10H16N2O4. The van der Waals surface area contributed by atoms with Gasteiger partial charge in [0, 0.05) is 13.0 Å². The van der Waals surface area contributed by atoms with Crippen LogP contribution in [0.1, 0.15) is 26.2 Å². The van der Waals surface area contributed by atoms with E-state index < -0.39 is 6.04 Å². The standard InChI is InChI=1S/C10H16N2O4/c1-2-16-9(14)5-6-11-10(15)7-3-4-8(13)12-7/h7H,2-6H2,1H3,(H,11,15)(H,12,13). The SMILES string of the molecule is CCOC(=O)CCNC(=O)C1CCC(=O)N1. The number of amides is 2. The molecule has 1 heterocycles. The van der Waals surface area contributed by atoms with Gasteiger partial charge in [0.1, 0.15) is 6.04 Å². The van der Waals surface area contributed by atoms with Crippen LogP contribution in [-0.2, 0) is 19.1 Å². The third-order valence-electron chi connectivity index (χ3n) is 2.25. The zero-order chi connectivity index (χ0) is 12.0. The fraction of sp³-hybridized carbons (Fsp3) is 0.700. The van der Waals surface area contributed by atoms with Crippen LogP contribution in [0.15, 0.2) is 0 Å². The van der Waals surface area contributed by atoms with Crippen molar-refractivity contribution in [2.75, 3.05) is 13.2 Å². The van der Waals surface area contributed by atoms with E-state index in [0.717, 1.165) is 0 Å². The molecule has 0 saturated carbocycles. The molecule has 1 aliphatic rings. The van der Waals surface area contributed by atoms with Crippen LogP contribution < -0.4 is 10.6 Å². The summed E-state index contributed by atoms with van der Waals surface area (Å²) in [7, 11) is 0. The van der Waals surface area contributed by atoms with E-state index in [-0.39, 0.29) is 30.7 Å². The van der Waals surface area contributed by atoms with Crippen LogP contribution in [0.4, 0.5) is 0 Å². The van der Waals surface area contributed by atoms with Gasteiger partial charge in [-0.25, -0.2) is 0 Å².